The third kappa shape index (κ3) is 2.28. The summed E-state index contributed by atoms with van der Waals surface area (Å²) >= 11 is 10.2. The minimum atomic E-state index is -5.76. The van der Waals surface area contributed by atoms with Gasteiger partial charge in [0.2, 0.25) is 0 Å². The summed E-state index contributed by atoms with van der Waals surface area (Å²) in [5.74, 6) is -5.11. The van der Waals surface area contributed by atoms with E-state index in [2.05, 4.69) is 10.2 Å². The van der Waals surface area contributed by atoms with Gasteiger partial charge in [-0.1, -0.05) is 23.2 Å². The fourth-order valence-electron chi connectivity index (χ4n) is 0.726. The molecule has 0 saturated heterocycles. The molecular formula is C6HCl2F5N2. The van der Waals surface area contributed by atoms with E-state index in [-0.39, 0.29) is 0 Å². The van der Waals surface area contributed by atoms with Gasteiger partial charge in [-0.3, -0.25) is 0 Å². The normalized spacial score (nSPS) is 13.0. The maximum Gasteiger partial charge on any atom is 0.458 e. The van der Waals surface area contributed by atoms with E-state index in [0.717, 1.165) is 0 Å². The van der Waals surface area contributed by atoms with E-state index in [1.54, 1.807) is 0 Å². The molecule has 0 saturated carbocycles. The first-order valence-corrected chi connectivity index (χ1v) is 4.05. The Hall–Kier alpha value is -0.690. The summed E-state index contributed by atoms with van der Waals surface area (Å²) in [4.78, 5) is 0. The van der Waals surface area contributed by atoms with Crippen molar-refractivity contribution in [2.75, 3.05) is 0 Å². The van der Waals surface area contributed by atoms with Crippen LogP contribution in [0.5, 0.6) is 0 Å². The molecule has 0 fully saturated rings. The largest absolute Gasteiger partial charge is 0.458 e. The second-order valence-corrected chi connectivity index (χ2v) is 3.19. The van der Waals surface area contributed by atoms with Gasteiger partial charge in [0.15, 0.2) is 10.3 Å². The fraction of sp³-hybridized carbons (Fsp3) is 0.333. The molecule has 9 heteroatoms. The highest BCUT2D eigenvalue weighted by Crippen LogP contribution is 2.45. The van der Waals surface area contributed by atoms with Gasteiger partial charge in [-0.15, -0.1) is 10.2 Å². The number of rotatable bonds is 1. The van der Waals surface area contributed by atoms with E-state index in [9.17, 15) is 22.0 Å². The maximum absolute atomic E-state index is 12.8. The van der Waals surface area contributed by atoms with Crippen LogP contribution in [0.25, 0.3) is 0 Å². The molecule has 0 aliphatic carbocycles. The lowest BCUT2D eigenvalue weighted by Gasteiger charge is -2.19. The molecule has 0 aliphatic rings. The molecule has 0 bridgehead atoms. The number of halogens is 7. The van der Waals surface area contributed by atoms with Crippen LogP contribution in [0.3, 0.4) is 0 Å². The summed E-state index contributed by atoms with van der Waals surface area (Å²) in [5.41, 5.74) is -1.52. The molecule has 0 N–H and O–H groups in total. The average Bonchev–Trinajstić information content (AvgIpc) is 2.07. The number of hydrogen-bond acceptors (Lipinski definition) is 2. The Balaban J connectivity index is 3.32. The molecule has 0 aromatic carbocycles. The van der Waals surface area contributed by atoms with Crippen molar-refractivity contribution in [3.63, 3.8) is 0 Å². The molecule has 1 aromatic heterocycles. The lowest BCUT2D eigenvalue weighted by atomic mass is 10.1. The van der Waals surface area contributed by atoms with Gasteiger partial charge in [0.25, 0.3) is 0 Å². The zero-order chi connectivity index (χ0) is 11.9. The van der Waals surface area contributed by atoms with E-state index in [1.807, 2.05) is 0 Å². The van der Waals surface area contributed by atoms with Gasteiger partial charge in [0, 0.05) is 0 Å². The highest BCUT2D eigenvalue weighted by Gasteiger charge is 2.60. The monoisotopic (exact) mass is 266 g/mol. The van der Waals surface area contributed by atoms with Crippen LogP contribution in [0.1, 0.15) is 5.56 Å². The molecule has 84 valence electrons. The second-order valence-electron chi connectivity index (χ2n) is 2.44. The summed E-state index contributed by atoms with van der Waals surface area (Å²) in [6.45, 7) is 0. The standard InChI is InChI=1S/C6HCl2F5N2/c7-3-1-2(4(8)15-14-3)5(9,10)6(11,12)13/h1H. The minimum Gasteiger partial charge on any atom is -0.191 e. The van der Waals surface area contributed by atoms with Gasteiger partial charge in [0.1, 0.15) is 0 Å². The molecule has 0 atom stereocenters. The Morgan fingerprint density at radius 2 is 1.53 bits per heavy atom. The Morgan fingerprint density at radius 1 is 1.00 bits per heavy atom. The minimum absolute atomic E-state index is 0.324. The van der Waals surface area contributed by atoms with Crippen molar-refractivity contribution in [2.24, 2.45) is 0 Å². The lowest BCUT2D eigenvalue weighted by molar-refractivity contribution is -0.289. The zero-order valence-corrected chi connectivity index (χ0v) is 8.13. The van der Waals surface area contributed by atoms with Crippen molar-refractivity contribution in [3.05, 3.63) is 21.9 Å². The summed E-state index contributed by atoms with van der Waals surface area (Å²) in [5, 5.41) is 4.24. The van der Waals surface area contributed by atoms with E-state index >= 15 is 0 Å². The molecule has 1 aromatic rings. The molecule has 2 nitrogen and oxygen atoms in total. The highest BCUT2D eigenvalue weighted by molar-refractivity contribution is 6.31. The average molecular weight is 267 g/mol. The van der Waals surface area contributed by atoms with Gasteiger partial charge in [0.05, 0.1) is 5.56 Å². The predicted molar refractivity (Wildman–Crippen MR) is 42.0 cm³/mol. The van der Waals surface area contributed by atoms with Crippen molar-refractivity contribution in [1.82, 2.24) is 10.2 Å². The number of hydrogen-bond donors (Lipinski definition) is 0. The number of aromatic nitrogens is 2. The Bertz CT molecular complexity index is 378. The van der Waals surface area contributed by atoms with Crippen LogP contribution in [0.2, 0.25) is 10.3 Å². The first-order valence-electron chi connectivity index (χ1n) is 3.30. The first kappa shape index (κ1) is 12.4. The molecule has 0 unspecified atom stereocenters. The van der Waals surface area contributed by atoms with Gasteiger partial charge < -0.3 is 0 Å². The van der Waals surface area contributed by atoms with Crippen LogP contribution in [0.4, 0.5) is 22.0 Å². The van der Waals surface area contributed by atoms with Gasteiger partial charge in [-0.2, -0.15) is 22.0 Å². The Kier molecular flexibility index (Phi) is 3.06. The van der Waals surface area contributed by atoms with Crippen molar-refractivity contribution >= 4 is 23.2 Å². The van der Waals surface area contributed by atoms with Crippen molar-refractivity contribution in [3.8, 4) is 0 Å². The first-order chi connectivity index (χ1) is 6.66. The van der Waals surface area contributed by atoms with Crippen molar-refractivity contribution < 1.29 is 22.0 Å². The quantitative estimate of drug-likeness (QED) is 0.728. The van der Waals surface area contributed by atoms with Gasteiger partial charge >= 0.3 is 12.1 Å². The Labute approximate surface area is 90.0 Å². The number of alkyl halides is 5. The summed E-state index contributed by atoms with van der Waals surface area (Å²) in [7, 11) is 0. The third-order valence-corrected chi connectivity index (χ3v) is 1.88. The van der Waals surface area contributed by atoms with E-state index in [1.165, 1.54) is 0 Å². The zero-order valence-electron chi connectivity index (χ0n) is 6.62. The molecule has 0 aliphatic heterocycles. The van der Waals surface area contributed by atoms with Crippen LogP contribution >= 0.6 is 23.2 Å². The third-order valence-electron chi connectivity index (χ3n) is 1.41. The molecule has 15 heavy (non-hydrogen) atoms. The molecule has 0 amide bonds. The van der Waals surface area contributed by atoms with Crippen LogP contribution in [-0.4, -0.2) is 16.4 Å². The number of nitrogens with zero attached hydrogens (tertiary/aromatic N) is 2. The molecule has 1 rings (SSSR count). The molecule has 0 spiro atoms. The fourth-order valence-corrected chi connectivity index (χ4v) is 1.08. The van der Waals surface area contributed by atoms with Crippen LogP contribution in [0.15, 0.2) is 6.07 Å². The van der Waals surface area contributed by atoms with Gasteiger partial charge in [-0.25, -0.2) is 0 Å². The van der Waals surface area contributed by atoms with E-state index < -0.39 is 28.0 Å². The summed E-state index contributed by atoms with van der Waals surface area (Å²) in [6, 6.07) is 0.324. The summed E-state index contributed by atoms with van der Waals surface area (Å²) in [6.07, 6.45) is -5.76. The second kappa shape index (κ2) is 3.71. The maximum atomic E-state index is 12.8. The molecule has 1 heterocycles. The smallest absolute Gasteiger partial charge is 0.191 e. The molecule has 0 radical (unpaired) electrons. The Morgan fingerprint density at radius 3 is 2.00 bits per heavy atom. The van der Waals surface area contributed by atoms with Crippen molar-refractivity contribution in [2.45, 2.75) is 12.1 Å². The SMILES string of the molecule is FC(F)(F)C(F)(F)c1cc(Cl)nnc1Cl. The summed E-state index contributed by atoms with van der Waals surface area (Å²) < 4.78 is 61.3. The predicted octanol–water partition coefficient (Wildman–Crippen LogP) is 3.44. The van der Waals surface area contributed by atoms with E-state index in [0.29, 0.717) is 6.07 Å². The van der Waals surface area contributed by atoms with Crippen LogP contribution in [-0.2, 0) is 5.92 Å². The molecular weight excluding hydrogens is 266 g/mol. The van der Waals surface area contributed by atoms with Crippen molar-refractivity contribution in [1.29, 1.82) is 0 Å². The van der Waals surface area contributed by atoms with Gasteiger partial charge in [-0.05, 0) is 6.07 Å². The van der Waals surface area contributed by atoms with Crippen LogP contribution < -0.4 is 0 Å². The van der Waals surface area contributed by atoms with E-state index in [4.69, 9.17) is 23.2 Å². The lowest BCUT2D eigenvalue weighted by Crippen LogP contribution is -2.34. The highest BCUT2D eigenvalue weighted by atomic mass is 35.5. The topological polar surface area (TPSA) is 25.8 Å². The van der Waals surface area contributed by atoms with Crippen LogP contribution in [0, 0.1) is 0 Å².